The summed E-state index contributed by atoms with van der Waals surface area (Å²) >= 11 is 3.37. The third-order valence-electron chi connectivity index (χ3n) is 3.51. The number of hydrogen-bond donors (Lipinski definition) is 1. The summed E-state index contributed by atoms with van der Waals surface area (Å²) in [6.45, 7) is 6.49. The molecule has 0 bridgehead atoms. The highest BCUT2D eigenvalue weighted by Gasteiger charge is 2.15. The Hall–Kier alpha value is -1.36. The fourth-order valence-electron chi connectivity index (χ4n) is 2.18. The summed E-state index contributed by atoms with van der Waals surface area (Å²) in [6, 6.07) is 7.56. The Labute approximate surface area is 135 Å². The second-order valence-electron chi connectivity index (χ2n) is 4.95. The number of rotatable bonds is 7. The largest absolute Gasteiger partial charge is 0.354 e. The van der Waals surface area contributed by atoms with Crippen molar-refractivity contribution in [2.75, 3.05) is 18.0 Å². The first-order chi connectivity index (χ1) is 9.99. The third kappa shape index (κ3) is 5.50. The molecule has 0 aromatic heterocycles. The predicted octanol–water partition coefficient (Wildman–Crippen LogP) is 3.35. The molecule has 2 amide bonds. The van der Waals surface area contributed by atoms with Crippen LogP contribution in [0.2, 0.25) is 0 Å². The van der Waals surface area contributed by atoms with E-state index < -0.39 is 0 Å². The van der Waals surface area contributed by atoms with Crippen molar-refractivity contribution in [2.24, 2.45) is 5.92 Å². The molecular weight excluding hydrogens is 332 g/mol. The van der Waals surface area contributed by atoms with Crippen LogP contribution in [0.5, 0.6) is 0 Å². The third-order valence-corrected chi connectivity index (χ3v) is 4.04. The number of nitrogens with zero attached hydrogens (tertiary/aromatic N) is 1. The predicted molar refractivity (Wildman–Crippen MR) is 89.3 cm³/mol. The Morgan fingerprint density at radius 2 is 1.76 bits per heavy atom. The maximum absolute atomic E-state index is 11.9. The molecule has 0 aliphatic carbocycles. The monoisotopic (exact) mass is 354 g/mol. The lowest BCUT2D eigenvalue weighted by molar-refractivity contribution is -0.125. The zero-order chi connectivity index (χ0) is 15.8. The van der Waals surface area contributed by atoms with Crippen LogP contribution in [-0.2, 0) is 9.59 Å². The molecule has 1 aromatic rings. The van der Waals surface area contributed by atoms with E-state index in [2.05, 4.69) is 21.2 Å². The summed E-state index contributed by atoms with van der Waals surface area (Å²) in [5.41, 5.74) is 0.836. The number of halogens is 1. The number of anilines is 1. The van der Waals surface area contributed by atoms with Gasteiger partial charge in [0.15, 0.2) is 0 Å². The highest BCUT2D eigenvalue weighted by atomic mass is 79.9. The SMILES string of the molecule is CCC(CC)C(=O)NCCN(C(C)=O)c1ccc(Br)cc1. The molecule has 0 aliphatic rings. The van der Waals surface area contributed by atoms with Crippen molar-refractivity contribution in [3.05, 3.63) is 28.7 Å². The summed E-state index contributed by atoms with van der Waals surface area (Å²) < 4.78 is 0.969. The maximum Gasteiger partial charge on any atom is 0.223 e. The summed E-state index contributed by atoms with van der Waals surface area (Å²) in [5.74, 6) is 0.0943. The number of carbonyl (C=O) groups excluding carboxylic acids is 2. The summed E-state index contributed by atoms with van der Waals surface area (Å²) in [6.07, 6.45) is 1.68. The molecule has 0 saturated carbocycles. The first-order valence-corrected chi connectivity index (χ1v) is 8.10. The molecule has 0 saturated heterocycles. The zero-order valence-corrected chi connectivity index (χ0v) is 14.4. The Bertz CT molecular complexity index is 470. The summed E-state index contributed by atoms with van der Waals surface area (Å²) in [7, 11) is 0. The average molecular weight is 355 g/mol. The lowest BCUT2D eigenvalue weighted by atomic mass is 10.0. The fraction of sp³-hybridized carbons (Fsp3) is 0.500. The van der Waals surface area contributed by atoms with E-state index in [9.17, 15) is 9.59 Å². The first-order valence-electron chi connectivity index (χ1n) is 7.30. The lowest BCUT2D eigenvalue weighted by Crippen LogP contribution is -2.39. The van der Waals surface area contributed by atoms with Gasteiger partial charge in [-0.1, -0.05) is 29.8 Å². The molecular formula is C16H23BrN2O2. The van der Waals surface area contributed by atoms with Crippen LogP contribution in [0.25, 0.3) is 0 Å². The van der Waals surface area contributed by atoms with Crippen LogP contribution in [0.4, 0.5) is 5.69 Å². The number of amides is 2. The first kappa shape index (κ1) is 17.7. The van der Waals surface area contributed by atoms with Crippen molar-refractivity contribution in [1.29, 1.82) is 0 Å². The van der Waals surface area contributed by atoms with E-state index in [-0.39, 0.29) is 17.7 Å². The Balaban J connectivity index is 2.59. The van der Waals surface area contributed by atoms with Gasteiger partial charge in [0.25, 0.3) is 0 Å². The van der Waals surface area contributed by atoms with E-state index in [0.29, 0.717) is 13.1 Å². The van der Waals surface area contributed by atoms with E-state index in [1.807, 2.05) is 38.1 Å². The Morgan fingerprint density at radius 3 is 2.24 bits per heavy atom. The Kier molecular flexibility index (Phi) is 7.43. The molecule has 0 heterocycles. The molecule has 1 rings (SSSR count). The molecule has 4 nitrogen and oxygen atoms in total. The van der Waals surface area contributed by atoms with Gasteiger partial charge in [-0.25, -0.2) is 0 Å². The van der Waals surface area contributed by atoms with E-state index in [4.69, 9.17) is 0 Å². The normalized spacial score (nSPS) is 10.5. The van der Waals surface area contributed by atoms with Crippen LogP contribution in [0, 0.1) is 5.92 Å². The van der Waals surface area contributed by atoms with Gasteiger partial charge in [0.05, 0.1) is 0 Å². The Morgan fingerprint density at radius 1 is 1.19 bits per heavy atom. The standard InChI is InChI=1S/C16H23BrN2O2/c1-4-13(5-2)16(21)18-10-11-19(12(3)20)15-8-6-14(17)7-9-15/h6-9,13H,4-5,10-11H2,1-3H3,(H,18,21). The molecule has 0 spiro atoms. The van der Waals surface area contributed by atoms with Crippen LogP contribution in [0.15, 0.2) is 28.7 Å². The molecule has 0 fully saturated rings. The number of nitrogens with one attached hydrogen (secondary N) is 1. The second kappa shape index (κ2) is 8.82. The van der Waals surface area contributed by atoms with Crippen molar-refractivity contribution >= 4 is 33.4 Å². The smallest absolute Gasteiger partial charge is 0.223 e. The minimum absolute atomic E-state index is 0.0332. The van der Waals surface area contributed by atoms with E-state index >= 15 is 0 Å². The van der Waals surface area contributed by atoms with Gasteiger partial charge >= 0.3 is 0 Å². The zero-order valence-electron chi connectivity index (χ0n) is 12.9. The molecule has 1 aromatic carbocycles. The molecule has 5 heteroatoms. The number of hydrogen-bond acceptors (Lipinski definition) is 2. The molecule has 0 unspecified atom stereocenters. The van der Waals surface area contributed by atoms with Gasteiger partial charge in [-0.2, -0.15) is 0 Å². The average Bonchev–Trinajstić information content (AvgIpc) is 2.46. The fourth-order valence-corrected chi connectivity index (χ4v) is 2.45. The molecule has 0 aliphatic heterocycles. The summed E-state index contributed by atoms with van der Waals surface area (Å²) in [5, 5.41) is 2.91. The van der Waals surface area contributed by atoms with E-state index in [0.717, 1.165) is 23.0 Å². The second-order valence-corrected chi connectivity index (χ2v) is 5.87. The van der Waals surface area contributed by atoms with Crippen molar-refractivity contribution in [3.8, 4) is 0 Å². The van der Waals surface area contributed by atoms with E-state index in [1.54, 1.807) is 4.90 Å². The van der Waals surface area contributed by atoms with Crippen LogP contribution in [0.3, 0.4) is 0 Å². The van der Waals surface area contributed by atoms with Crippen molar-refractivity contribution in [3.63, 3.8) is 0 Å². The highest BCUT2D eigenvalue weighted by molar-refractivity contribution is 9.10. The quantitative estimate of drug-likeness (QED) is 0.815. The van der Waals surface area contributed by atoms with Crippen molar-refractivity contribution in [2.45, 2.75) is 33.6 Å². The van der Waals surface area contributed by atoms with Gasteiger partial charge < -0.3 is 10.2 Å². The topological polar surface area (TPSA) is 49.4 Å². The number of carbonyl (C=O) groups is 2. The molecule has 116 valence electrons. The van der Waals surface area contributed by atoms with Gasteiger partial charge in [-0.3, -0.25) is 9.59 Å². The van der Waals surface area contributed by atoms with Crippen LogP contribution in [-0.4, -0.2) is 24.9 Å². The van der Waals surface area contributed by atoms with Gasteiger partial charge in [-0.05, 0) is 37.1 Å². The van der Waals surface area contributed by atoms with Crippen molar-refractivity contribution in [1.82, 2.24) is 5.32 Å². The van der Waals surface area contributed by atoms with Crippen molar-refractivity contribution < 1.29 is 9.59 Å². The van der Waals surface area contributed by atoms with Gasteiger partial charge in [0, 0.05) is 36.1 Å². The van der Waals surface area contributed by atoms with E-state index in [1.165, 1.54) is 6.92 Å². The molecule has 1 N–H and O–H groups in total. The van der Waals surface area contributed by atoms with Crippen LogP contribution < -0.4 is 10.2 Å². The minimum Gasteiger partial charge on any atom is -0.354 e. The molecule has 21 heavy (non-hydrogen) atoms. The minimum atomic E-state index is -0.0332. The van der Waals surface area contributed by atoms with Gasteiger partial charge in [0.1, 0.15) is 0 Å². The van der Waals surface area contributed by atoms with Gasteiger partial charge in [0.2, 0.25) is 11.8 Å². The highest BCUT2D eigenvalue weighted by Crippen LogP contribution is 2.18. The maximum atomic E-state index is 11.9. The van der Waals surface area contributed by atoms with Crippen LogP contribution in [0.1, 0.15) is 33.6 Å². The summed E-state index contributed by atoms with van der Waals surface area (Å²) in [4.78, 5) is 25.3. The molecule has 0 radical (unpaired) electrons. The number of benzene rings is 1. The van der Waals surface area contributed by atoms with Gasteiger partial charge in [-0.15, -0.1) is 0 Å². The molecule has 0 atom stereocenters. The lowest BCUT2D eigenvalue weighted by Gasteiger charge is -2.22. The van der Waals surface area contributed by atoms with Crippen LogP contribution >= 0.6 is 15.9 Å².